The van der Waals surface area contributed by atoms with Gasteiger partial charge in [0.1, 0.15) is 11.7 Å². The quantitative estimate of drug-likeness (QED) is 0.301. The van der Waals surface area contributed by atoms with Crippen molar-refractivity contribution in [3.05, 3.63) is 62.6 Å². The molecule has 2 aromatic rings. The van der Waals surface area contributed by atoms with E-state index in [4.69, 9.17) is 37.4 Å². The molecule has 1 aliphatic rings. The number of halogens is 2. The van der Waals surface area contributed by atoms with Crippen LogP contribution in [0.2, 0.25) is 10.0 Å². The Labute approximate surface area is 234 Å². The van der Waals surface area contributed by atoms with Crippen LogP contribution in [-0.4, -0.2) is 43.9 Å². The molecule has 0 aliphatic carbocycles. The van der Waals surface area contributed by atoms with Crippen LogP contribution >= 0.6 is 35.0 Å². The summed E-state index contributed by atoms with van der Waals surface area (Å²) >= 11 is 13.7. The van der Waals surface area contributed by atoms with Crippen molar-refractivity contribution in [2.24, 2.45) is 5.92 Å². The number of nitrogens with zero attached hydrogens (tertiary/aromatic N) is 1. The lowest BCUT2D eigenvalue weighted by molar-refractivity contribution is -0.150. The third-order valence-corrected chi connectivity index (χ3v) is 7.03. The van der Waals surface area contributed by atoms with Gasteiger partial charge in [-0.3, -0.25) is 14.4 Å². The van der Waals surface area contributed by atoms with E-state index < -0.39 is 23.7 Å². The number of ether oxygens (including phenoxy) is 3. The number of benzene rings is 2. The molecule has 0 saturated heterocycles. The van der Waals surface area contributed by atoms with Gasteiger partial charge in [0.25, 0.3) is 0 Å². The molecule has 0 bridgehead atoms. The normalized spacial score (nSPS) is 16.8. The molecule has 0 spiro atoms. The third kappa shape index (κ3) is 6.72. The van der Waals surface area contributed by atoms with Crippen LogP contribution in [0.5, 0.6) is 11.5 Å². The highest BCUT2D eigenvalue weighted by Crippen LogP contribution is 2.44. The molecule has 2 amide bonds. The van der Waals surface area contributed by atoms with Crippen molar-refractivity contribution in [1.29, 1.82) is 5.26 Å². The van der Waals surface area contributed by atoms with Gasteiger partial charge in [0, 0.05) is 11.6 Å². The van der Waals surface area contributed by atoms with Crippen LogP contribution in [0.1, 0.15) is 25.3 Å². The lowest BCUT2D eigenvalue weighted by Gasteiger charge is -2.31. The zero-order chi connectivity index (χ0) is 27.8. The maximum Gasteiger partial charge on any atom is 0.319 e. The van der Waals surface area contributed by atoms with E-state index in [0.29, 0.717) is 30.2 Å². The Hall–Kier alpha value is -3.39. The summed E-state index contributed by atoms with van der Waals surface area (Å²) in [6.07, 6.45) is 0. The molecule has 0 saturated carbocycles. The zero-order valence-corrected chi connectivity index (χ0v) is 23.1. The van der Waals surface area contributed by atoms with Gasteiger partial charge in [-0.1, -0.05) is 35.0 Å². The Morgan fingerprint density at radius 2 is 1.74 bits per heavy atom. The number of carbonyl (C=O) groups is 3. The van der Waals surface area contributed by atoms with Crippen LogP contribution in [0, 0.1) is 17.2 Å². The maximum atomic E-state index is 13.0. The highest BCUT2D eigenvalue weighted by molar-refractivity contribution is 8.03. The largest absolute Gasteiger partial charge is 0.494 e. The number of hydrogen-bond acceptors (Lipinski definition) is 8. The van der Waals surface area contributed by atoms with Crippen LogP contribution in [0.15, 0.2) is 47.0 Å². The first-order valence-electron chi connectivity index (χ1n) is 11.5. The van der Waals surface area contributed by atoms with E-state index in [2.05, 4.69) is 16.7 Å². The van der Waals surface area contributed by atoms with Crippen molar-refractivity contribution >= 4 is 58.4 Å². The number of rotatable bonds is 10. The van der Waals surface area contributed by atoms with Crippen LogP contribution in [0.4, 0.5) is 5.69 Å². The summed E-state index contributed by atoms with van der Waals surface area (Å²) in [6.45, 7) is 4.49. The molecule has 200 valence electrons. The summed E-state index contributed by atoms with van der Waals surface area (Å²) in [5.74, 6) is -3.50. The van der Waals surface area contributed by atoms with E-state index in [1.54, 1.807) is 31.2 Å². The number of carbonyl (C=O) groups excluding carboxylic acids is 3. The van der Waals surface area contributed by atoms with Crippen LogP contribution < -0.4 is 20.1 Å². The first-order chi connectivity index (χ1) is 18.2. The summed E-state index contributed by atoms with van der Waals surface area (Å²) in [4.78, 5) is 38.3. The number of nitrogens with one attached hydrogen (secondary N) is 2. The average molecular weight is 578 g/mol. The molecule has 2 aromatic carbocycles. The predicted octanol–water partition coefficient (Wildman–Crippen LogP) is 4.90. The van der Waals surface area contributed by atoms with Gasteiger partial charge in [-0.05, 0) is 55.8 Å². The van der Waals surface area contributed by atoms with Gasteiger partial charge in [0.15, 0.2) is 5.75 Å². The number of thioether (sulfide) groups is 1. The summed E-state index contributed by atoms with van der Waals surface area (Å²) in [5, 5.41) is 15.9. The van der Waals surface area contributed by atoms with Crippen molar-refractivity contribution in [2.45, 2.75) is 19.8 Å². The fourth-order valence-corrected chi connectivity index (χ4v) is 5.32. The minimum Gasteiger partial charge on any atom is -0.494 e. The molecule has 3 rings (SSSR count). The molecule has 1 heterocycles. The van der Waals surface area contributed by atoms with E-state index in [-0.39, 0.29) is 38.1 Å². The van der Waals surface area contributed by atoms with Crippen molar-refractivity contribution in [3.8, 4) is 17.6 Å². The first-order valence-corrected chi connectivity index (χ1v) is 13.3. The molecule has 2 N–H and O–H groups in total. The highest BCUT2D eigenvalue weighted by Gasteiger charge is 2.44. The van der Waals surface area contributed by atoms with Crippen molar-refractivity contribution in [3.63, 3.8) is 0 Å². The molecule has 2 atom stereocenters. The fraction of sp³-hybridized carbons (Fsp3) is 0.308. The standard InChI is InChI=1S/C26H25Cl2N3O6S/c1-4-36-16-8-6-15(7-9-16)30-20(32)13-38-25-17(12-29)21(22(24(33)31-25)26(34)35-3)14-10-18(27)23(37-5-2)19(28)11-14/h6-11,21-22H,4-5,13H2,1-3H3,(H,30,32)(H,31,33)/t21-,22-/m0/s1. The van der Waals surface area contributed by atoms with Gasteiger partial charge in [0.2, 0.25) is 11.8 Å². The molecule has 0 radical (unpaired) electrons. The second kappa shape index (κ2) is 13.4. The number of esters is 1. The lowest BCUT2D eigenvalue weighted by Crippen LogP contribution is -2.44. The summed E-state index contributed by atoms with van der Waals surface area (Å²) in [7, 11) is 1.15. The van der Waals surface area contributed by atoms with Crippen LogP contribution in [0.3, 0.4) is 0 Å². The topological polar surface area (TPSA) is 127 Å². The molecule has 1 aliphatic heterocycles. The van der Waals surface area contributed by atoms with E-state index in [1.807, 2.05) is 6.92 Å². The number of amides is 2. The number of methoxy groups -OCH3 is 1. The average Bonchev–Trinajstić information content (AvgIpc) is 2.89. The lowest BCUT2D eigenvalue weighted by atomic mass is 9.78. The minimum atomic E-state index is -1.37. The Bertz CT molecular complexity index is 1270. The Morgan fingerprint density at radius 3 is 2.29 bits per heavy atom. The van der Waals surface area contributed by atoms with Crippen molar-refractivity contribution < 1.29 is 28.6 Å². The Kier molecular flexibility index (Phi) is 10.3. The van der Waals surface area contributed by atoms with Gasteiger partial charge >= 0.3 is 5.97 Å². The Balaban J connectivity index is 1.90. The van der Waals surface area contributed by atoms with Crippen LogP contribution in [0.25, 0.3) is 0 Å². The molecule has 12 heteroatoms. The fourth-order valence-electron chi connectivity index (χ4n) is 3.86. The van der Waals surface area contributed by atoms with Gasteiger partial charge < -0.3 is 24.8 Å². The van der Waals surface area contributed by atoms with E-state index >= 15 is 0 Å². The SMILES string of the molecule is CCOc1ccc(NC(=O)CSC2=C(C#N)[C@H](c3cc(Cl)c(OCC)c(Cl)c3)[C@H](C(=O)OC)C(=O)N2)cc1. The van der Waals surface area contributed by atoms with Gasteiger partial charge in [0.05, 0.1) is 52.8 Å². The van der Waals surface area contributed by atoms with E-state index in [1.165, 1.54) is 12.1 Å². The smallest absolute Gasteiger partial charge is 0.319 e. The summed E-state index contributed by atoms with van der Waals surface area (Å²) < 4.78 is 15.7. The van der Waals surface area contributed by atoms with Crippen molar-refractivity contribution in [1.82, 2.24) is 5.32 Å². The number of nitriles is 1. The van der Waals surface area contributed by atoms with Gasteiger partial charge in [-0.25, -0.2) is 0 Å². The number of anilines is 1. The minimum absolute atomic E-state index is 0.0650. The maximum absolute atomic E-state index is 13.0. The predicted molar refractivity (Wildman–Crippen MR) is 145 cm³/mol. The van der Waals surface area contributed by atoms with Crippen LogP contribution in [-0.2, 0) is 19.1 Å². The molecule has 0 aromatic heterocycles. The molecule has 0 unspecified atom stereocenters. The molecular formula is C26H25Cl2N3O6S. The van der Waals surface area contributed by atoms with Gasteiger partial charge in [-0.15, -0.1) is 0 Å². The zero-order valence-electron chi connectivity index (χ0n) is 20.8. The van der Waals surface area contributed by atoms with E-state index in [0.717, 1.165) is 18.9 Å². The second-order valence-corrected chi connectivity index (χ2v) is 9.66. The monoisotopic (exact) mass is 577 g/mol. The third-order valence-electron chi connectivity index (χ3n) is 5.45. The van der Waals surface area contributed by atoms with E-state index in [9.17, 15) is 19.6 Å². The molecule has 38 heavy (non-hydrogen) atoms. The van der Waals surface area contributed by atoms with Crippen molar-refractivity contribution in [2.75, 3.05) is 31.4 Å². The summed E-state index contributed by atoms with van der Waals surface area (Å²) in [6, 6.07) is 11.9. The highest BCUT2D eigenvalue weighted by atomic mass is 35.5. The first kappa shape index (κ1) is 29.2. The molecule has 0 fully saturated rings. The number of hydrogen-bond donors (Lipinski definition) is 2. The second-order valence-electron chi connectivity index (χ2n) is 7.86. The summed E-state index contributed by atoms with van der Waals surface area (Å²) in [5.41, 5.74) is 0.973. The Morgan fingerprint density at radius 1 is 1.11 bits per heavy atom. The molecular weight excluding hydrogens is 553 g/mol. The number of allylic oxidation sites excluding steroid dienone is 1. The molecule has 9 nitrogen and oxygen atoms in total. The van der Waals surface area contributed by atoms with Gasteiger partial charge in [-0.2, -0.15) is 5.26 Å².